The largest absolute Gasteiger partial charge is 0.466 e. The van der Waals surface area contributed by atoms with Crippen molar-refractivity contribution in [1.82, 2.24) is 19.7 Å². The van der Waals surface area contributed by atoms with Crippen molar-refractivity contribution in [2.75, 3.05) is 19.7 Å². The van der Waals surface area contributed by atoms with Gasteiger partial charge in [0.05, 0.1) is 52.0 Å². The van der Waals surface area contributed by atoms with Crippen molar-refractivity contribution in [3.05, 3.63) is 45.5 Å². The number of pyridine rings is 1. The number of ether oxygens (including phenoxy) is 1. The van der Waals surface area contributed by atoms with E-state index in [-0.39, 0.29) is 35.7 Å². The number of amides is 1. The second-order valence-electron chi connectivity index (χ2n) is 14.7. The number of hydrogen-bond donors (Lipinski definition) is 0. The minimum absolute atomic E-state index is 0.0655. The first-order valence-corrected chi connectivity index (χ1v) is 20.3. The zero-order chi connectivity index (χ0) is 35.7. The standard InChI is InChI=1S/C34H49Cl2F3N4O4Si/c1-8-46-30(45)32-12-15-33(16-13-32,17-14-32)43-28(34(37,38)39)23(18-41-43)29(44)42(22-31(5,6)7)21-26(47-48(9-2,10-3)11-4)27-24(35)19-40-20-25(27)36/h18-20,26H,8-17,21-22H2,1-7H3. The van der Waals surface area contributed by atoms with E-state index < -0.39 is 54.1 Å². The van der Waals surface area contributed by atoms with Gasteiger partial charge in [0, 0.05) is 24.5 Å². The number of esters is 1. The maximum atomic E-state index is 15.1. The van der Waals surface area contributed by atoms with E-state index in [0.717, 1.165) is 29.0 Å². The molecule has 3 fully saturated rings. The highest BCUT2D eigenvalue weighted by atomic mass is 35.5. The van der Waals surface area contributed by atoms with Crippen molar-refractivity contribution < 1.29 is 31.9 Å². The van der Waals surface area contributed by atoms with Crippen molar-refractivity contribution in [3.63, 3.8) is 0 Å². The molecule has 5 rings (SSSR count). The molecule has 1 amide bonds. The third kappa shape index (κ3) is 7.76. The Hall–Kier alpha value is -2.15. The quantitative estimate of drug-likeness (QED) is 0.151. The average Bonchev–Trinajstić information content (AvgIpc) is 3.50. The summed E-state index contributed by atoms with van der Waals surface area (Å²) < 4.78 is 58.6. The van der Waals surface area contributed by atoms with Crippen LogP contribution in [-0.2, 0) is 25.7 Å². The fourth-order valence-electron chi connectivity index (χ4n) is 7.59. The Balaban J connectivity index is 1.78. The van der Waals surface area contributed by atoms with Crippen molar-refractivity contribution in [3.8, 4) is 0 Å². The summed E-state index contributed by atoms with van der Waals surface area (Å²) >= 11 is 13.3. The molecule has 8 nitrogen and oxygen atoms in total. The Morgan fingerprint density at radius 2 is 1.50 bits per heavy atom. The summed E-state index contributed by atoms with van der Waals surface area (Å²) in [5, 5.41) is 4.83. The van der Waals surface area contributed by atoms with E-state index in [4.69, 9.17) is 32.4 Å². The fraction of sp³-hybridized carbons (Fsp3) is 0.706. The van der Waals surface area contributed by atoms with Gasteiger partial charge in [-0.25, -0.2) is 0 Å². The van der Waals surface area contributed by atoms with Crippen LogP contribution in [0.3, 0.4) is 0 Å². The van der Waals surface area contributed by atoms with Gasteiger partial charge >= 0.3 is 12.1 Å². The number of fused-ring (bicyclic) bond motifs is 3. The first kappa shape index (κ1) is 38.6. The molecule has 0 aromatic carbocycles. The van der Waals surface area contributed by atoms with Gasteiger partial charge in [-0.3, -0.25) is 19.3 Å². The van der Waals surface area contributed by atoms with Gasteiger partial charge < -0.3 is 14.1 Å². The van der Waals surface area contributed by atoms with E-state index in [1.165, 1.54) is 17.3 Å². The summed E-state index contributed by atoms with van der Waals surface area (Å²) in [5.74, 6) is -1.07. The SMILES string of the molecule is CCOC(=O)C12CCC(n3ncc(C(=O)N(CC(O[Si](CC)(CC)CC)c4c(Cl)cncc4Cl)CC(C)(C)C)c3C(F)(F)F)(CC1)CC2. The highest BCUT2D eigenvalue weighted by Gasteiger charge is 2.57. The minimum atomic E-state index is -4.86. The summed E-state index contributed by atoms with van der Waals surface area (Å²) in [6.45, 7) is 14.1. The summed E-state index contributed by atoms with van der Waals surface area (Å²) in [4.78, 5) is 32.8. The average molecular weight is 734 g/mol. The van der Waals surface area contributed by atoms with Crippen LogP contribution in [0.5, 0.6) is 0 Å². The molecule has 2 bridgehead atoms. The molecular weight excluding hydrogens is 684 g/mol. The lowest BCUT2D eigenvalue weighted by molar-refractivity contribution is -0.168. The van der Waals surface area contributed by atoms with Gasteiger partial charge in [-0.2, -0.15) is 18.3 Å². The molecule has 14 heteroatoms. The van der Waals surface area contributed by atoms with Crippen LogP contribution in [0.1, 0.15) is 115 Å². The Morgan fingerprint density at radius 3 is 1.96 bits per heavy atom. The monoisotopic (exact) mass is 732 g/mol. The van der Waals surface area contributed by atoms with Crippen LogP contribution in [0.15, 0.2) is 18.6 Å². The van der Waals surface area contributed by atoms with Crippen LogP contribution in [-0.4, -0.2) is 59.6 Å². The summed E-state index contributed by atoms with van der Waals surface area (Å²) in [6.07, 6.45) is 0.556. The lowest BCUT2D eigenvalue weighted by Crippen LogP contribution is -2.52. The topological polar surface area (TPSA) is 86.6 Å². The fourth-order valence-corrected chi connectivity index (χ4v) is 11.0. The maximum Gasteiger partial charge on any atom is 0.433 e. The van der Waals surface area contributed by atoms with E-state index >= 15 is 13.2 Å². The molecule has 48 heavy (non-hydrogen) atoms. The number of halogens is 5. The maximum absolute atomic E-state index is 15.1. The molecule has 2 aromatic heterocycles. The molecule has 0 N–H and O–H groups in total. The van der Waals surface area contributed by atoms with E-state index in [2.05, 4.69) is 30.9 Å². The smallest absolute Gasteiger partial charge is 0.433 e. The van der Waals surface area contributed by atoms with Gasteiger partial charge in [0.2, 0.25) is 0 Å². The molecule has 3 aliphatic carbocycles. The molecule has 0 aliphatic heterocycles. The zero-order valence-electron chi connectivity index (χ0n) is 29.1. The molecule has 0 spiro atoms. The molecule has 2 aromatic rings. The van der Waals surface area contributed by atoms with Crippen molar-refractivity contribution in [2.24, 2.45) is 10.8 Å². The van der Waals surface area contributed by atoms with Crippen LogP contribution in [0.25, 0.3) is 0 Å². The molecule has 3 saturated carbocycles. The molecule has 0 saturated heterocycles. The second kappa shape index (κ2) is 14.6. The Kier molecular flexibility index (Phi) is 11.8. The zero-order valence-corrected chi connectivity index (χ0v) is 31.6. The summed E-state index contributed by atoms with van der Waals surface area (Å²) in [5.41, 5.74) is -3.21. The number of nitrogens with zero attached hydrogens (tertiary/aromatic N) is 4. The normalized spacial score (nSPS) is 22.1. The first-order chi connectivity index (χ1) is 22.4. The molecule has 0 radical (unpaired) electrons. The Bertz CT molecular complexity index is 1420. The van der Waals surface area contributed by atoms with Crippen molar-refractivity contribution in [1.29, 1.82) is 0 Å². The number of alkyl halides is 3. The molecular formula is C34H49Cl2F3N4O4Si. The van der Waals surface area contributed by atoms with Crippen LogP contribution in [0.4, 0.5) is 13.2 Å². The van der Waals surface area contributed by atoms with E-state index in [0.29, 0.717) is 44.1 Å². The summed E-state index contributed by atoms with van der Waals surface area (Å²) in [6, 6.07) is 2.40. The number of carbonyl (C=O) groups is 2. The highest BCUT2D eigenvalue weighted by molar-refractivity contribution is 6.73. The lowest BCUT2D eigenvalue weighted by Gasteiger charge is -2.52. The summed E-state index contributed by atoms with van der Waals surface area (Å²) in [7, 11) is -2.34. The molecule has 268 valence electrons. The number of rotatable bonds is 13. The number of aromatic nitrogens is 3. The minimum Gasteiger partial charge on any atom is -0.466 e. The molecule has 1 unspecified atom stereocenters. The Labute approximate surface area is 293 Å². The molecule has 3 aliphatic rings. The van der Waals surface area contributed by atoms with Gasteiger partial charge in [0.15, 0.2) is 14.0 Å². The van der Waals surface area contributed by atoms with Crippen molar-refractivity contribution >= 4 is 43.4 Å². The van der Waals surface area contributed by atoms with E-state index in [1.807, 2.05) is 20.8 Å². The second-order valence-corrected chi connectivity index (χ2v) is 20.2. The highest BCUT2D eigenvalue weighted by Crippen LogP contribution is 2.57. The third-order valence-corrected chi connectivity index (χ3v) is 15.8. The number of carbonyl (C=O) groups excluding carboxylic acids is 2. The van der Waals surface area contributed by atoms with E-state index in [1.54, 1.807) is 6.92 Å². The predicted molar refractivity (Wildman–Crippen MR) is 183 cm³/mol. The van der Waals surface area contributed by atoms with Gasteiger partial charge in [0.1, 0.15) is 0 Å². The van der Waals surface area contributed by atoms with Crippen molar-refractivity contribution in [2.45, 2.75) is 123 Å². The third-order valence-electron chi connectivity index (χ3n) is 10.5. The lowest BCUT2D eigenvalue weighted by atomic mass is 9.57. The van der Waals surface area contributed by atoms with E-state index in [9.17, 15) is 9.59 Å². The number of hydrogen-bond acceptors (Lipinski definition) is 6. The Morgan fingerprint density at radius 1 is 0.958 bits per heavy atom. The van der Waals surface area contributed by atoms with Gasteiger partial charge in [-0.05, 0) is 69.0 Å². The van der Waals surface area contributed by atoms with Crippen LogP contribution in [0, 0.1) is 10.8 Å². The van der Waals surface area contributed by atoms with Gasteiger partial charge in [-0.1, -0.05) is 64.7 Å². The molecule has 1 atom stereocenters. The van der Waals surface area contributed by atoms with Crippen LogP contribution < -0.4 is 0 Å². The van der Waals surface area contributed by atoms with Crippen LogP contribution >= 0.6 is 23.2 Å². The van der Waals surface area contributed by atoms with Gasteiger partial charge in [0.25, 0.3) is 5.91 Å². The van der Waals surface area contributed by atoms with Crippen LogP contribution in [0.2, 0.25) is 28.2 Å². The molecule has 2 heterocycles. The van der Waals surface area contributed by atoms with Gasteiger partial charge in [-0.15, -0.1) is 0 Å². The predicted octanol–water partition coefficient (Wildman–Crippen LogP) is 9.47. The first-order valence-electron chi connectivity index (χ1n) is 17.0.